The normalized spacial score (nSPS) is 16.7. The lowest BCUT2D eigenvalue weighted by Gasteiger charge is -2.25. The zero-order chi connectivity index (χ0) is 18.7. The standard InChI is InChI=1S/C19H26N4O3/c1-12(2)23-17-14(11-21-23)9-15(10-20-17)18(24)22-16(19(25)26)8-13-6-4-3-5-7-13/h9-13,16H,3-8H2,1-2H3,(H,22,24)(H,25,26)/t16-/m1/s1. The van der Waals surface area contributed by atoms with Crippen LogP contribution in [0.2, 0.25) is 0 Å². The van der Waals surface area contributed by atoms with Crippen molar-refractivity contribution in [1.82, 2.24) is 20.1 Å². The van der Waals surface area contributed by atoms with E-state index in [1.54, 1.807) is 16.9 Å². The van der Waals surface area contributed by atoms with Gasteiger partial charge in [0.2, 0.25) is 0 Å². The largest absolute Gasteiger partial charge is 0.480 e. The van der Waals surface area contributed by atoms with E-state index in [0.717, 1.165) is 31.1 Å². The molecule has 0 spiro atoms. The predicted molar refractivity (Wildman–Crippen MR) is 98.0 cm³/mol. The van der Waals surface area contributed by atoms with Gasteiger partial charge in [-0.15, -0.1) is 0 Å². The smallest absolute Gasteiger partial charge is 0.326 e. The molecule has 1 aliphatic carbocycles. The average Bonchev–Trinajstić information content (AvgIpc) is 3.05. The molecular weight excluding hydrogens is 332 g/mol. The molecule has 1 amide bonds. The van der Waals surface area contributed by atoms with E-state index in [1.807, 2.05) is 13.8 Å². The Morgan fingerprint density at radius 3 is 2.65 bits per heavy atom. The minimum Gasteiger partial charge on any atom is -0.480 e. The first-order valence-corrected chi connectivity index (χ1v) is 9.32. The quantitative estimate of drug-likeness (QED) is 0.827. The summed E-state index contributed by atoms with van der Waals surface area (Å²) in [4.78, 5) is 28.5. The first kappa shape index (κ1) is 18.4. The summed E-state index contributed by atoms with van der Waals surface area (Å²) in [6.45, 7) is 4.02. The molecule has 2 aromatic rings. The lowest BCUT2D eigenvalue weighted by molar-refractivity contribution is -0.139. The Hall–Kier alpha value is -2.44. The molecule has 0 unspecified atom stereocenters. The zero-order valence-corrected chi connectivity index (χ0v) is 15.3. The number of carbonyl (C=O) groups is 2. The molecule has 0 radical (unpaired) electrons. The fraction of sp³-hybridized carbons (Fsp3) is 0.579. The SMILES string of the molecule is CC(C)n1ncc2cc(C(=O)N[C@H](CC3CCCCC3)C(=O)O)cnc21. The van der Waals surface area contributed by atoms with E-state index >= 15 is 0 Å². The summed E-state index contributed by atoms with van der Waals surface area (Å²) in [7, 11) is 0. The molecule has 7 nitrogen and oxygen atoms in total. The van der Waals surface area contributed by atoms with Crippen molar-refractivity contribution >= 4 is 22.9 Å². The summed E-state index contributed by atoms with van der Waals surface area (Å²) in [6.07, 6.45) is 9.24. The van der Waals surface area contributed by atoms with Crippen LogP contribution in [0.3, 0.4) is 0 Å². The van der Waals surface area contributed by atoms with E-state index in [1.165, 1.54) is 12.6 Å². The van der Waals surface area contributed by atoms with Crippen molar-refractivity contribution in [3.8, 4) is 0 Å². The summed E-state index contributed by atoms with van der Waals surface area (Å²) < 4.78 is 1.79. The highest BCUT2D eigenvalue weighted by Crippen LogP contribution is 2.27. The summed E-state index contributed by atoms with van der Waals surface area (Å²) >= 11 is 0. The molecule has 1 fully saturated rings. The van der Waals surface area contributed by atoms with Crippen molar-refractivity contribution in [1.29, 1.82) is 0 Å². The van der Waals surface area contributed by atoms with Gasteiger partial charge in [-0.25, -0.2) is 14.5 Å². The van der Waals surface area contributed by atoms with E-state index in [-0.39, 0.29) is 6.04 Å². The molecule has 2 heterocycles. The fourth-order valence-electron chi connectivity index (χ4n) is 3.66. The van der Waals surface area contributed by atoms with Crippen molar-refractivity contribution in [3.63, 3.8) is 0 Å². The third-order valence-corrected chi connectivity index (χ3v) is 5.08. The Labute approximate surface area is 152 Å². The van der Waals surface area contributed by atoms with Crippen LogP contribution in [0.4, 0.5) is 0 Å². The van der Waals surface area contributed by atoms with E-state index in [2.05, 4.69) is 15.4 Å². The molecule has 0 aliphatic heterocycles. The fourth-order valence-corrected chi connectivity index (χ4v) is 3.66. The average molecular weight is 358 g/mol. The third-order valence-electron chi connectivity index (χ3n) is 5.08. The highest BCUT2D eigenvalue weighted by Gasteiger charge is 2.26. The number of nitrogens with zero attached hydrogens (tertiary/aromatic N) is 3. The molecule has 0 bridgehead atoms. The predicted octanol–water partition coefficient (Wildman–Crippen LogP) is 3.17. The first-order valence-electron chi connectivity index (χ1n) is 9.32. The minimum absolute atomic E-state index is 0.173. The van der Waals surface area contributed by atoms with E-state index < -0.39 is 17.9 Å². The number of hydrogen-bond donors (Lipinski definition) is 2. The highest BCUT2D eigenvalue weighted by atomic mass is 16.4. The van der Waals surface area contributed by atoms with Crippen LogP contribution < -0.4 is 5.32 Å². The van der Waals surface area contributed by atoms with Gasteiger partial charge in [-0.3, -0.25) is 4.79 Å². The molecule has 2 N–H and O–H groups in total. The van der Waals surface area contributed by atoms with Gasteiger partial charge < -0.3 is 10.4 Å². The molecule has 1 saturated carbocycles. The number of carboxylic acids is 1. The van der Waals surface area contributed by atoms with Crippen molar-refractivity contribution in [3.05, 3.63) is 24.0 Å². The molecule has 1 aliphatic rings. The van der Waals surface area contributed by atoms with Crippen LogP contribution in [0, 0.1) is 5.92 Å². The van der Waals surface area contributed by atoms with Crippen LogP contribution in [-0.4, -0.2) is 37.8 Å². The second kappa shape index (κ2) is 7.85. The number of pyridine rings is 1. The number of aliphatic carboxylic acids is 1. The number of rotatable bonds is 6. The number of aromatic nitrogens is 3. The number of fused-ring (bicyclic) bond motifs is 1. The van der Waals surface area contributed by atoms with Gasteiger partial charge in [0.05, 0.1) is 11.8 Å². The lowest BCUT2D eigenvalue weighted by Crippen LogP contribution is -2.42. The van der Waals surface area contributed by atoms with Crippen LogP contribution in [0.25, 0.3) is 11.0 Å². The maximum Gasteiger partial charge on any atom is 0.326 e. The van der Waals surface area contributed by atoms with Crippen LogP contribution in [-0.2, 0) is 4.79 Å². The Morgan fingerprint density at radius 1 is 1.27 bits per heavy atom. The Morgan fingerprint density at radius 2 is 2.00 bits per heavy atom. The number of amides is 1. The second-order valence-electron chi connectivity index (χ2n) is 7.42. The maximum atomic E-state index is 12.5. The van der Waals surface area contributed by atoms with Gasteiger partial charge in [0.1, 0.15) is 6.04 Å². The van der Waals surface area contributed by atoms with Gasteiger partial charge >= 0.3 is 5.97 Å². The van der Waals surface area contributed by atoms with Crippen molar-refractivity contribution in [2.45, 2.75) is 64.5 Å². The van der Waals surface area contributed by atoms with Gasteiger partial charge in [0.15, 0.2) is 5.65 Å². The molecule has 0 aromatic carbocycles. The molecule has 1 atom stereocenters. The monoisotopic (exact) mass is 358 g/mol. The highest BCUT2D eigenvalue weighted by molar-refractivity contribution is 5.98. The van der Waals surface area contributed by atoms with Crippen LogP contribution in [0.1, 0.15) is 68.8 Å². The second-order valence-corrected chi connectivity index (χ2v) is 7.42. The van der Waals surface area contributed by atoms with Crippen LogP contribution >= 0.6 is 0 Å². The van der Waals surface area contributed by atoms with Gasteiger partial charge in [0, 0.05) is 17.6 Å². The van der Waals surface area contributed by atoms with Crippen LogP contribution in [0.15, 0.2) is 18.5 Å². The number of carbonyl (C=O) groups excluding carboxylic acids is 1. The van der Waals surface area contributed by atoms with Crippen LogP contribution in [0.5, 0.6) is 0 Å². The lowest BCUT2D eigenvalue weighted by atomic mass is 9.85. The summed E-state index contributed by atoms with van der Waals surface area (Å²) in [5, 5.41) is 17.2. The Bertz CT molecular complexity index is 793. The summed E-state index contributed by atoms with van der Waals surface area (Å²) in [5.74, 6) is -1.01. The maximum absolute atomic E-state index is 12.5. The summed E-state index contributed by atoms with van der Waals surface area (Å²) in [5.41, 5.74) is 1.07. The van der Waals surface area contributed by atoms with Crippen molar-refractivity contribution in [2.24, 2.45) is 5.92 Å². The van der Waals surface area contributed by atoms with Crippen molar-refractivity contribution < 1.29 is 14.7 Å². The van der Waals surface area contributed by atoms with E-state index in [9.17, 15) is 14.7 Å². The minimum atomic E-state index is -0.981. The number of nitrogens with one attached hydrogen (secondary N) is 1. The molecule has 0 saturated heterocycles. The molecule has 2 aromatic heterocycles. The molecule has 3 rings (SSSR count). The Kier molecular flexibility index (Phi) is 5.54. The molecule has 140 valence electrons. The van der Waals surface area contributed by atoms with E-state index in [0.29, 0.717) is 23.5 Å². The van der Waals surface area contributed by atoms with E-state index in [4.69, 9.17) is 0 Å². The number of carboxylic acid groups (broad SMARTS) is 1. The van der Waals surface area contributed by atoms with Gasteiger partial charge in [0.25, 0.3) is 5.91 Å². The first-order chi connectivity index (χ1) is 12.5. The molecule has 26 heavy (non-hydrogen) atoms. The molecule has 7 heteroatoms. The van der Waals surface area contributed by atoms with Crippen molar-refractivity contribution in [2.75, 3.05) is 0 Å². The summed E-state index contributed by atoms with van der Waals surface area (Å²) in [6, 6.07) is 1.02. The van der Waals surface area contributed by atoms with Gasteiger partial charge in [-0.2, -0.15) is 5.10 Å². The van der Waals surface area contributed by atoms with Gasteiger partial charge in [-0.05, 0) is 32.3 Å². The Balaban J connectivity index is 1.72. The number of hydrogen-bond acceptors (Lipinski definition) is 4. The zero-order valence-electron chi connectivity index (χ0n) is 15.3. The van der Waals surface area contributed by atoms with Gasteiger partial charge in [-0.1, -0.05) is 32.1 Å². The topological polar surface area (TPSA) is 97.1 Å². The third kappa shape index (κ3) is 4.03. The molecular formula is C19H26N4O3.